The molecule has 5 unspecified atom stereocenters. The Bertz CT molecular complexity index is 765. The molecule has 2 aliphatic rings. The van der Waals surface area contributed by atoms with Gasteiger partial charge in [-0.1, -0.05) is 59.1 Å². The van der Waals surface area contributed by atoms with Gasteiger partial charge in [-0.25, -0.2) is 4.79 Å². The van der Waals surface area contributed by atoms with Gasteiger partial charge in [0.15, 0.2) is 6.61 Å². The van der Waals surface area contributed by atoms with E-state index in [1.807, 2.05) is 13.0 Å². The molecule has 0 radical (unpaired) electrons. The van der Waals surface area contributed by atoms with Gasteiger partial charge in [-0.2, -0.15) is 0 Å². The Morgan fingerprint density at radius 3 is 2.67 bits per heavy atom. The zero-order chi connectivity index (χ0) is 24.0. The molecule has 1 aromatic carbocycles. The van der Waals surface area contributed by atoms with Crippen LogP contribution in [0.2, 0.25) is 0 Å². The van der Waals surface area contributed by atoms with Gasteiger partial charge in [0.05, 0.1) is 6.10 Å². The van der Waals surface area contributed by atoms with Gasteiger partial charge in [0.1, 0.15) is 11.9 Å². The van der Waals surface area contributed by atoms with Crippen molar-refractivity contribution in [2.45, 2.75) is 111 Å². The van der Waals surface area contributed by atoms with Crippen molar-refractivity contribution in [1.29, 1.82) is 0 Å². The molecule has 4 heteroatoms. The number of unbranched alkanes of at least 4 members (excludes halogenated alkanes) is 2. The van der Waals surface area contributed by atoms with Crippen LogP contribution < -0.4 is 4.74 Å². The van der Waals surface area contributed by atoms with E-state index in [4.69, 9.17) is 9.47 Å². The van der Waals surface area contributed by atoms with Crippen LogP contribution in [0, 0.1) is 23.2 Å². The lowest BCUT2D eigenvalue weighted by Gasteiger charge is -2.32. The van der Waals surface area contributed by atoms with Crippen LogP contribution in [0.5, 0.6) is 5.75 Å². The van der Waals surface area contributed by atoms with Crippen LogP contribution in [0.1, 0.15) is 97.1 Å². The van der Waals surface area contributed by atoms with Crippen molar-refractivity contribution in [2.24, 2.45) is 23.2 Å². The summed E-state index contributed by atoms with van der Waals surface area (Å²) in [5.74, 6) is 2.68. The Hall–Kier alpha value is -1.55. The Labute approximate surface area is 201 Å². The molecule has 0 saturated heterocycles. The first kappa shape index (κ1) is 26.1. The van der Waals surface area contributed by atoms with Crippen molar-refractivity contribution in [3.8, 4) is 5.75 Å². The lowest BCUT2D eigenvalue weighted by molar-refractivity contribution is -0.155. The van der Waals surface area contributed by atoms with E-state index in [0.29, 0.717) is 11.8 Å². The monoisotopic (exact) mass is 458 g/mol. The molecule has 0 bridgehead atoms. The van der Waals surface area contributed by atoms with Crippen LogP contribution in [0.4, 0.5) is 0 Å². The van der Waals surface area contributed by atoms with Gasteiger partial charge in [-0.15, -0.1) is 0 Å². The Morgan fingerprint density at radius 1 is 1.15 bits per heavy atom. The maximum absolute atomic E-state index is 12.3. The Kier molecular flexibility index (Phi) is 9.26. The van der Waals surface area contributed by atoms with Crippen molar-refractivity contribution in [1.82, 2.24) is 0 Å². The number of hydrogen-bond donors (Lipinski definition) is 1. The predicted molar refractivity (Wildman–Crippen MR) is 133 cm³/mol. The number of esters is 1. The van der Waals surface area contributed by atoms with Crippen molar-refractivity contribution < 1.29 is 19.4 Å². The topological polar surface area (TPSA) is 55.8 Å². The average Bonchev–Trinajstić information content (AvgIpc) is 3.16. The highest BCUT2D eigenvalue weighted by atomic mass is 16.6. The lowest BCUT2D eigenvalue weighted by Crippen LogP contribution is -2.31. The van der Waals surface area contributed by atoms with Crippen molar-refractivity contribution in [3.63, 3.8) is 0 Å². The number of fused-ring (bicyclic) bond motifs is 2. The molecule has 5 atom stereocenters. The first-order chi connectivity index (χ1) is 15.7. The molecule has 0 amide bonds. The molecule has 0 aliphatic heterocycles. The van der Waals surface area contributed by atoms with Crippen LogP contribution >= 0.6 is 0 Å². The molecule has 2 aliphatic carbocycles. The molecular weight excluding hydrogens is 412 g/mol. The summed E-state index contributed by atoms with van der Waals surface area (Å²) in [7, 11) is 0. The summed E-state index contributed by atoms with van der Waals surface area (Å²) in [4.78, 5) is 12.3. The van der Waals surface area contributed by atoms with Gasteiger partial charge >= 0.3 is 5.97 Å². The molecule has 3 rings (SSSR count). The molecule has 1 fully saturated rings. The normalized spacial score (nSPS) is 24.0. The van der Waals surface area contributed by atoms with E-state index < -0.39 is 0 Å². The van der Waals surface area contributed by atoms with E-state index in [1.165, 1.54) is 36.8 Å². The molecule has 1 N–H and O–H groups in total. The van der Waals surface area contributed by atoms with Gasteiger partial charge in [-0.05, 0) is 92.2 Å². The molecule has 186 valence electrons. The highest BCUT2D eigenvalue weighted by Crippen LogP contribution is 2.48. The molecule has 1 aromatic rings. The maximum Gasteiger partial charge on any atom is 0.344 e. The average molecular weight is 459 g/mol. The minimum Gasteiger partial charge on any atom is -0.482 e. The molecule has 4 nitrogen and oxygen atoms in total. The van der Waals surface area contributed by atoms with Crippen LogP contribution in [0.25, 0.3) is 0 Å². The number of hydrogen-bond acceptors (Lipinski definition) is 4. The quantitative estimate of drug-likeness (QED) is 0.303. The van der Waals surface area contributed by atoms with E-state index in [0.717, 1.165) is 50.2 Å². The van der Waals surface area contributed by atoms with Gasteiger partial charge in [0.25, 0.3) is 0 Å². The third kappa shape index (κ3) is 7.21. The zero-order valence-electron chi connectivity index (χ0n) is 21.6. The molecule has 0 aromatic heterocycles. The van der Waals surface area contributed by atoms with Crippen LogP contribution in [0.3, 0.4) is 0 Å². The number of aliphatic hydroxyl groups excluding tert-OH is 1. The summed E-state index contributed by atoms with van der Waals surface area (Å²) in [6.07, 6.45) is 11.0. The van der Waals surface area contributed by atoms with Gasteiger partial charge < -0.3 is 14.6 Å². The summed E-state index contributed by atoms with van der Waals surface area (Å²) in [5.41, 5.74) is 2.58. The fourth-order valence-electron chi connectivity index (χ4n) is 5.60. The molecule has 1 saturated carbocycles. The van der Waals surface area contributed by atoms with Gasteiger partial charge in [0, 0.05) is 0 Å². The summed E-state index contributed by atoms with van der Waals surface area (Å²) in [6.45, 7) is 10.3. The van der Waals surface area contributed by atoms with Crippen molar-refractivity contribution >= 4 is 5.97 Å². The number of aliphatic hydroxyl groups is 1. The van der Waals surface area contributed by atoms with Crippen LogP contribution in [-0.4, -0.2) is 29.9 Å². The smallest absolute Gasteiger partial charge is 0.344 e. The Balaban J connectivity index is 1.54. The highest BCUT2D eigenvalue weighted by molar-refractivity contribution is 5.71. The van der Waals surface area contributed by atoms with Gasteiger partial charge in [-0.3, -0.25) is 0 Å². The van der Waals surface area contributed by atoms with E-state index in [9.17, 15) is 9.90 Å². The minimum atomic E-state index is -0.304. The molecule has 0 heterocycles. The standard InChI is InChI=1S/C29H46O4/c1-6-7-8-11-24(30)16-15-21-13-14-23-18-26-22(17-25(21)23)10-9-12-27(26)32-19-28(31)33-20(2)29(3,4)5/h9-10,12,20-21,23-25,30H,6-8,11,13-19H2,1-5H3. The number of rotatable bonds is 11. The van der Waals surface area contributed by atoms with E-state index in [-0.39, 0.29) is 30.2 Å². The first-order valence-electron chi connectivity index (χ1n) is 13.3. The van der Waals surface area contributed by atoms with Gasteiger partial charge in [0.2, 0.25) is 0 Å². The molecule has 33 heavy (non-hydrogen) atoms. The number of carbonyl (C=O) groups excluding carboxylic acids is 1. The Morgan fingerprint density at radius 2 is 1.94 bits per heavy atom. The van der Waals surface area contributed by atoms with E-state index >= 15 is 0 Å². The number of carbonyl (C=O) groups is 1. The zero-order valence-corrected chi connectivity index (χ0v) is 21.6. The van der Waals surface area contributed by atoms with Crippen LogP contribution in [-0.2, 0) is 22.4 Å². The molecule has 0 spiro atoms. The summed E-state index contributed by atoms with van der Waals surface area (Å²) < 4.78 is 11.5. The van der Waals surface area contributed by atoms with Crippen molar-refractivity contribution in [3.05, 3.63) is 29.3 Å². The summed E-state index contributed by atoms with van der Waals surface area (Å²) >= 11 is 0. The third-order valence-corrected chi connectivity index (χ3v) is 8.16. The fraction of sp³-hybridized carbons (Fsp3) is 0.759. The highest BCUT2D eigenvalue weighted by Gasteiger charge is 2.40. The fourth-order valence-corrected chi connectivity index (χ4v) is 5.60. The maximum atomic E-state index is 12.3. The summed E-state index contributed by atoms with van der Waals surface area (Å²) in [5, 5.41) is 10.4. The van der Waals surface area contributed by atoms with Crippen molar-refractivity contribution in [2.75, 3.05) is 6.61 Å². The predicted octanol–water partition coefficient (Wildman–Crippen LogP) is 6.51. The largest absolute Gasteiger partial charge is 0.482 e. The lowest BCUT2D eigenvalue weighted by atomic mass is 9.73. The first-order valence-corrected chi connectivity index (χ1v) is 13.3. The molecular formula is C29H46O4. The SMILES string of the molecule is CCCCCC(O)CCC1CCC2Cc3c(cccc3OCC(=O)OC(C)C(C)(C)C)CC12. The minimum absolute atomic E-state index is 0.0382. The second-order valence-corrected chi connectivity index (χ2v) is 11.6. The summed E-state index contributed by atoms with van der Waals surface area (Å²) in [6, 6.07) is 6.28. The third-order valence-electron chi connectivity index (χ3n) is 8.16. The second-order valence-electron chi connectivity index (χ2n) is 11.6. The van der Waals surface area contributed by atoms with Crippen LogP contribution in [0.15, 0.2) is 18.2 Å². The van der Waals surface area contributed by atoms with E-state index in [2.05, 4.69) is 39.8 Å². The van der Waals surface area contributed by atoms with E-state index in [1.54, 1.807) is 0 Å². The number of ether oxygens (including phenoxy) is 2. The second kappa shape index (κ2) is 11.7. The number of benzene rings is 1.